The molecule has 0 aliphatic carbocycles. The van der Waals surface area contributed by atoms with E-state index < -0.39 is 5.92 Å². The maximum Gasteiger partial charge on any atom is 0.258 e. The first-order valence-corrected chi connectivity index (χ1v) is 10.9. The molecule has 3 N–H and O–H groups in total. The van der Waals surface area contributed by atoms with Crippen molar-refractivity contribution in [1.82, 2.24) is 9.97 Å². The Kier molecular flexibility index (Phi) is 5.80. The number of anilines is 3. The van der Waals surface area contributed by atoms with Crippen LogP contribution in [-0.2, 0) is 9.59 Å². The standard InChI is InChI=1S/C23H29N5O3/c1-13(2)15-7-9-16(10-8-15)24-21(30)17-12-18(29)25-20-19(17)22(31)27-23(26-20)28-11-5-4-6-14(28)3/h7-10,13-14,17H,4-6,11-12H2,1-3H3,(H,24,30)(H2,25,26,27,29,31). The summed E-state index contributed by atoms with van der Waals surface area (Å²) in [6, 6.07) is 7.84. The minimum Gasteiger partial charge on any atom is -0.340 e. The number of aromatic nitrogens is 2. The van der Waals surface area contributed by atoms with Gasteiger partial charge in [0.1, 0.15) is 5.82 Å². The molecule has 3 heterocycles. The Morgan fingerprint density at radius 1 is 1.19 bits per heavy atom. The Bertz CT molecular complexity index is 1040. The monoisotopic (exact) mass is 423 g/mol. The molecule has 0 bridgehead atoms. The largest absolute Gasteiger partial charge is 0.340 e. The smallest absolute Gasteiger partial charge is 0.258 e. The van der Waals surface area contributed by atoms with Gasteiger partial charge >= 0.3 is 0 Å². The van der Waals surface area contributed by atoms with Gasteiger partial charge in [-0.15, -0.1) is 0 Å². The molecular weight excluding hydrogens is 394 g/mol. The summed E-state index contributed by atoms with van der Waals surface area (Å²) in [6.45, 7) is 7.10. The van der Waals surface area contributed by atoms with E-state index in [-0.39, 0.29) is 41.2 Å². The van der Waals surface area contributed by atoms with Gasteiger partial charge in [0.25, 0.3) is 5.56 Å². The summed E-state index contributed by atoms with van der Waals surface area (Å²) in [6.07, 6.45) is 3.10. The lowest BCUT2D eigenvalue weighted by atomic mass is 9.92. The number of hydrogen-bond acceptors (Lipinski definition) is 5. The molecule has 8 nitrogen and oxygen atoms in total. The van der Waals surface area contributed by atoms with Gasteiger partial charge in [-0.1, -0.05) is 26.0 Å². The summed E-state index contributed by atoms with van der Waals surface area (Å²) in [5, 5.41) is 5.53. The molecule has 1 aromatic heterocycles. The first-order chi connectivity index (χ1) is 14.8. The van der Waals surface area contributed by atoms with E-state index in [4.69, 9.17) is 0 Å². The topological polar surface area (TPSA) is 107 Å². The quantitative estimate of drug-likeness (QED) is 0.699. The summed E-state index contributed by atoms with van der Waals surface area (Å²) in [4.78, 5) is 47.7. The number of carbonyl (C=O) groups excluding carboxylic acids is 2. The summed E-state index contributed by atoms with van der Waals surface area (Å²) in [5.74, 6) is -0.583. The van der Waals surface area contributed by atoms with Gasteiger partial charge < -0.3 is 15.5 Å². The Morgan fingerprint density at radius 2 is 1.94 bits per heavy atom. The van der Waals surface area contributed by atoms with Crippen LogP contribution in [0.5, 0.6) is 0 Å². The molecule has 2 aromatic rings. The molecule has 1 fully saturated rings. The van der Waals surface area contributed by atoms with Crippen LogP contribution >= 0.6 is 0 Å². The van der Waals surface area contributed by atoms with Crippen molar-refractivity contribution < 1.29 is 9.59 Å². The second kappa shape index (κ2) is 8.53. The van der Waals surface area contributed by atoms with E-state index in [0.717, 1.165) is 25.8 Å². The number of aromatic amines is 1. The number of piperidine rings is 1. The third-order valence-electron chi connectivity index (χ3n) is 6.17. The van der Waals surface area contributed by atoms with Crippen molar-refractivity contribution >= 4 is 29.3 Å². The molecule has 2 atom stereocenters. The van der Waals surface area contributed by atoms with Crippen LogP contribution in [0.3, 0.4) is 0 Å². The van der Waals surface area contributed by atoms with Crippen molar-refractivity contribution in [2.24, 2.45) is 0 Å². The Labute approximate surface area is 181 Å². The number of carbonyl (C=O) groups is 2. The van der Waals surface area contributed by atoms with Gasteiger partial charge in [-0.05, 0) is 49.8 Å². The van der Waals surface area contributed by atoms with Crippen molar-refractivity contribution in [2.45, 2.75) is 64.3 Å². The maximum absolute atomic E-state index is 13.0. The average molecular weight is 424 g/mol. The highest BCUT2D eigenvalue weighted by Gasteiger charge is 2.35. The third kappa shape index (κ3) is 4.33. The molecule has 8 heteroatoms. The number of H-pyrrole nitrogens is 1. The summed E-state index contributed by atoms with van der Waals surface area (Å²) in [7, 11) is 0. The predicted molar refractivity (Wildman–Crippen MR) is 121 cm³/mol. The Balaban J connectivity index is 1.61. The molecule has 2 unspecified atom stereocenters. The molecule has 0 saturated carbocycles. The number of fused-ring (bicyclic) bond motifs is 1. The van der Waals surface area contributed by atoms with Crippen LogP contribution < -0.4 is 21.1 Å². The number of rotatable bonds is 4. The number of nitrogens with zero attached hydrogens (tertiary/aromatic N) is 2. The van der Waals surface area contributed by atoms with Crippen LogP contribution in [-0.4, -0.2) is 34.4 Å². The lowest BCUT2D eigenvalue weighted by Crippen LogP contribution is -2.41. The third-order valence-corrected chi connectivity index (χ3v) is 6.17. The first-order valence-electron chi connectivity index (χ1n) is 10.9. The average Bonchev–Trinajstić information content (AvgIpc) is 2.73. The molecule has 31 heavy (non-hydrogen) atoms. The van der Waals surface area contributed by atoms with Crippen LogP contribution in [0.25, 0.3) is 0 Å². The normalized spacial score (nSPS) is 20.9. The summed E-state index contributed by atoms with van der Waals surface area (Å²) >= 11 is 0. The second-order valence-electron chi connectivity index (χ2n) is 8.76. The van der Waals surface area contributed by atoms with E-state index in [1.807, 2.05) is 24.3 Å². The predicted octanol–water partition coefficient (Wildman–Crippen LogP) is 3.34. The van der Waals surface area contributed by atoms with E-state index in [2.05, 4.69) is 46.3 Å². The van der Waals surface area contributed by atoms with Crippen LogP contribution in [0.2, 0.25) is 0 Å². The molecule has 2 aliphatic heterocycles. The Morgan fingerprint density at radius 3 is 2.61 bits per heavy atom. The highest BCUT2D eigenvalue weighted by Crippen LogP contribution is 2.31. The number of amides is 2. The minimum atomic E-state index is -0.891. The van der Waals surface area contributed by atoms with Crippen LogP contribution in [0.1, 0.15) is 69.4 Å². The van der Waals surface area contributed by atoms with Crippen molar-refractivity contribution in [1.29, 1.82) is 0 Å². The lowest BCUT2D eigenvalue weighted by Gasteiger charge is -2.34. The van der Waals surface area contributed by atoms with Crippen molar-refractivity contribution in [3.63, 3.8) is 0 Å². The van der Waals surface area contributed by atoms with Gasteiger partial charge in [0.05, 0.1) is 11.5 Å². The molecule has 4 rings (SSSR count). The van der Waals surface area contributed by atoms with E-state index in [1.165, 1.54) is 5.56 Å². The van der Waals surface area contributed by atoms with Crippen molar-refractivity contribution in [2.75, 3.05) is 22.1 Å². The van der Waals surface area contributed by atoms with E-state index >= 15 is 0 Å². The van der Waals surface area contributed by atoms with Gasteiger partial charge in [0, 0.05) is 24.7 Å². The molecule has 2 amide bonds. The fourth-order valence-electron chi connectivity index (χ4n) is 4.31. The number of benzene rings is 1. The molecule has 1 saturated heterocycles. The second-order valence-corrected chi connectivity index (χ2v) is 8.76. The fraction of sp³-hybridized carbons (Fsp3) is 0.478. The van der Waals surface area contributed by atoms with E-state index in [9.17, 15) is 14.4 Å². The lowest BCUT2D eigenvalue weighted by molar-refractivity contribution is -0.123. The van der Waals surface area contributed by atoms with Gasteiger partial charge in [-0.3, -0.25) is 19.4 Å². The molecule has 1 aromatic carbocycles. The summed E-state index contributed by atoms with van der Waals surface area (Å²) < 4.78 is 0. The zero-order valence-corrected chi connectivity index (χ0v) is 18.2. The zero-order valence-electron chi connectivity index (χ0n) is 18.2. The van der Waals surface area contributed by atoms with E-state index in [0.29, 0.717) is 17.6 Å². The maximum atomic E-state index is 13.0. The zero-order chi connectivity index (χ0) is 22.1. The summed E-state index contributed by atoms with van der Waals surface area (Å²) in [5.41, 5.74) is 1.63. The van der Waals surface area contributed by atoms with Gasteiger partial charge in [0.15, 0.2) is 0 Å². The van der Waals surface area contributed by atoms with Gasteiger partial charge in [-0.25, -0.2) is 0 Å². The first kappa shape index (κ1) is 21.1. The molecule has 0 spiro atoms. The van der Waals surface area contributed by atoms with Gasteiger partial charge in [-0.2, -0.15) is 4.98 Å². The van der Waals surface area contributed by atoms with Crippen molar-refractivity contribution in [3.8, 4) is 0 Å². The van der Waals surface area contributed by atoms with Crippen LogP contribution in [0, 0.1) is 0 Å². The SMILES string of the molecule is CC(C)c1ccc(NC(=O)C2CC(=O)Nc3nc(N4CCCCC4C)[nH]c(=O)c32)cc1. The minimum absolute atomic E-state index is 0.0901. The van der Waals surface area contributed by atoms with Crippen LogP contribution in [0.4, 0.5) is 17.5 Å². The van der Waals surface area contributed by atoms with E-state index in [1.54, 1.807) is 0 Å². The number of hydrogen-bond donors (Lipinski definition) is 3. The highest BCUT2D eigenvalue weighted by atomic mass is 16.2. The molecule has 2 aliphatic rings. The van der Waals surface area contributed by atoms with Crippen molar-refractivity contribution in [3.05, 3.63) is 45.7 Å². The molecule has 164 valence electrons. The fourth-order valence-corrected chi connectivity index (χ4v) is 4.31. The molecular formula is C23H29N5O3. The number of nitrogens with one attached hydrogen (secondary N) is 3. The highest BCUT2D eigenvalue weighted by molar-refractivity contribution is 6.04. The molecule has 0 radical (unpaired) electrons. The Hall–Kier alpha value is -3.16. The van der Waals surface area contributed by atoms with Gasteiger partial charge in [0.2, 0.25) is 17.8 Å². The van der Waals surface area contributed by atoms with Crippen LogP contribution in [0.15, 0.2) is 29.1 Å².